The SMILES string of the molecule is CC(C)(O)c1c(N)ccc(F)c1F. The lowest BCUT2D eigenvalue weighted by Crippen LogP contribution is -2.20. The van der Waals surface area contributed by atoms with E-state index < -0.39 is 17.2 Å². The van der Waals surface area contributed by atoms with Crippen LogP contribution in [0.5, 0.6) is 0 Å². The third kappa shape index (κ3) is 1.78. The van der Waals surface area contributed by atoms with E-state index in [2.05, 4.69) is 0 Å². The van der Waals surface area contributed by atoms with E-state index in [-0.39, 0.29) is 11.3 Å². The maximum absolute atomic E-state index is 13.1. The third-order valence-corrected chi connectivity index (χ3v) is 1.74. The van der Waals surface area contributed by atoms with E-state index in [0.29, 0.717) is 0 Å². The van der Waals surface area contributed by atoms with Crippen molar-refractivity contribution in [2.45, 2.75) is 19.4 Å². The van der Waals surface area contributed by atoms with E-state index in [1.54, 1.807) is 0 Å². The van der Waals surface area contributed by atoms with Gasteiger partial charge >= 0.3 is 0 Å². The minimum Gasteiger partial charge on any atom is -0.398 e. The number of rotatable bonds is 1. The monoisotopic (exact) mass is 187 g/mol. The van der Waals surface area contributed by atoms with Crippen LogP contribution in [0, 0.1) is 11.6 Å². The molecule has 0 fully saturated rings. The maximum atomic E-state index is 13.1. The fraction of sp³-hybridized carbons (Fsp3) is 0.333. The van der Waals surface area contributed by atoms with Gasteiger partial charge in [-0.25, -0.2) is 8.78 Å². The van der Waals surface area contributed by atoms with Crippen LogP contribution in [0.15, 0.2) is 12.1 Å². The molecule has 0 radical (unpaired) electrons. The lowest BCUT2D eigenvalue weighted by molar-refractivity contribution is 0.0746. The van der Waals surface area contributed by atoms with Gasteiger partial charge in [0, 0.05) is 11.3 Å². The normalized spacial score (nSPS) is 11.8. The average molecular weight is 187 g/mol. The molecule has 0 unspecified atom stereocenters. The fourth-order valence-corrected chi connectivity index (χ4v) is 1.19. The first-order chi connectivity index (χ1) is 5.84. The topological polar surface area (TPSA) is 46.2 Å². The zero-order valence-electron chi connectivity index (χ0n) is 7.44. The number of benzene rings is 1. The second kappa shape index (κ2) is 2.96. The number of hydrogen-bond donors (Lipinski definition) is 2. The summed E-state index contributed by atoms with van der Waals surface area (Å²) >= 11 is 0. The van der Waals surface area contributed by atoms with Gasteiger partial charge in [-0.3, -0.25) is 0 Å². The number of anilines is 1. The summed E-state index contributed by atoms with van der Waals surface area (Å²) in [5.74, 6) is -2.10. The highest BCUT2D eigenvalue weighted by molar-refractivity contribution is 5.50. The van der Waals surface area contributed by atoms with E-state index >= 15 is 0 Å². The molecule has 1 aromatic carbocycles. The standard InChI is InChI=1S/C9H11F2NO/c1-9(2,13)7-6(12)4-3-5(10)8(7)11/h3-4,13H,12H2,1-2H3. The Morgan fingerprint density at radius 1 is 1.31 bits per heavy atom. The molecule has 2 nitrogen and oxygen atoms in total. The molecule has 0 atom stereocenters. The molecular weight excluding hydrogens is 176 g/mol. The Balaban J connectivity index is 3.43. The Morgan fingerprint density at radius 3 is 2.23 bits per heavy atom. The van der Waals surface area contributed by atoms with Gasteiger partial charge in [0.15, 0.2) is 11.6 Å². The van der Waals surface area contributed by atoms with Gasteiger partial charge in [-0.1, -0.05) is 0 Å². The van der Waals surface area contributed by atoms with E-state index in [0.717, 1.165) is 6.07 Å². The van der Waals surface area contributed by atoms with Crippen LogP contribution in [0.4, 0.5) is 14.5 Å². The van der Waals surface area contributed by atoms with Crippen molar-refractivity contribution in [1.29, 1.82) is 0 Å². The summed E-state index contributed by atoms with van der Waals surface area (Å²) in [4.78, 5) is 0. The van der Waals surface area contributed by atoms with Crippen LogP contribution >= 0.6 is 0 Å². The molecule has 0 saturated carbocycles. The number of nitrogen functional groups attached to an aromatic ring is 1. The lowest BCUT2D eigenvalue weighted by atomic mass is 9.96. The van der Waals surface area contributed by atoms with Crippen LogP contribution in [0.1, 0.15) is 19.4 Å². The zero-order chi connectivity index (χ0) is 10.2. The highest BCUT2D eigenvalue weighted by Gasteiger charge is 2.25. The van der Waals surface area contributed by atoms with Gasteiger partial charge in [-0.05, 0) is 26.0 Å². The van der Waals surface area contributed by atoms with Crippen molar-refractivity contribution in [2.75, 3.05) is 5.73 Å². The molecule has 0 aliphatic heterocycles. The van der Waals surface area contributed by atoms with Crippen molar-refractivity contribution in [3.63, 3.8) is 0 Å². The van der Waals surface area contributed by atoms with Gasteiger partial charge < -0.3 is 10.8 Å². The van der Waals surface area contributed by atoms with Gasteiger partial charge in [0.2, 0.25) is 0 Å². The second-order valence-electron chi connectivity index (χ2n) is 3.38. The van der Waals surface area contributed by atoms with E-state index in [9.17, 15) is 13.9 Å². The molecule has 0 heterocycles. The summed E-state index contributed by atoms with van der Waals surface area (Å²) in [6.07, 6.45) is 0. The summed E-state index contributed by atoms with van der Waals surface area (Å²) in [6.45, 7) is 2.70. The summed E-state index contributed by atoms with van der Waals surface area (Å²) < 4.78 is 25.9. The van der Waals surface area contributed by atoms with E-state index in [4.69, 9.17) is 5.73 Å². The Morgan fingerprint density at radius 2 is 1.85 bits per heavy atom. The first-order valence-corrected chi connectivity index (χ1v) is 3.80. The molecule has 0 bridgehead atoms. The van der Waals surface area contributed by atoms with Crippen molar-refractivity contribution >= 4 is 5.69 Å². The number of hydrogen-bond acceptors (Lipinski definition) is 2. The maximum Gasteiger partial charge on any atom is 0.166 e. The molecule has 0 saturated heterocycles. The summed E-state index contributed by atoms with van der Waals surface area (Å²) in [6, 6.07) is 2.16. The molecule has 1 aromatic rings. The highest BCUT2D eigenvalue weighted by Crippen LogP contribution is 2.29. The molecule has 0 spiro atoms. The molecule has 0 aliphatic rings. The quantitative estimate of drug-likeness (QED) is 0.658. The number of nitrogens with two attached hydrogens (primary N) is 1. The molecule has 3 N–H and O–H groups in total. The Labute approximate surface area is 75.0 Å². The van der Waals surface area contributed by atoms with Gasteiger partial charge in [-0.2, -0.15) is 0 Å². The van der Waals surface area contributed by atoms with Crippen molar-refractivity contribution in [1.82, 2.24) is 0 Å². The van der Waals surface area contributed by atoms with E-state index in [1.807, 2.05) is 0 Å². The van der Waals surface area contributed by atoms with Crippen LogP contribution in [-0.4, -0.2) is 5.11 Å². The van der Waals surface area contributed by atoms with Crippen molar-refractivity contribution in [3.8, 4) is 0 Å². The molecule has 0 aromatic heterocycles. The van der Waals surface area contributed by atoms with Crippen LogP contribution in [-0.2, 0) is 5.60 Å². The summed E-state index contributed by atoms with van der Waals surface area (Å²) in [7, 11) is 0. The molecule has 0 amide bonds. The fourth-order valence-electron chi connectivity index (χ4n) is 1.19. The second-order valence-corrected chi connectivity index (χ2v) is 3.38. The van der Waals surface area contributed by atoms with Gasteiger partial charge in [0.05, 0.1) is 5.60 Å². The third-order valence-electron chi connectivity index (χ3n) is 1.74. The first-order valence-electron chi connectivity index (χ1n) is 3.80. The zero-order valence-corrected chi connectivity index (χ0v) is 7.44. The molecule has 72 valence electrons. The van der Waals surface area contributed by atoms with E-state index in [1.165, 1.54) is 19.9 Å². The first kappa shape index (κ1) is 9.92. The molecule has 0 aliphatic carbocycles. The molecule has 1 rings (SSSR count). The van der Waals surface area contributed by atoms with Crippen LogP contribution in [0.2, 0.25) is 0 Å². The molecule has 4 heteroatoms. The molecule has 13 heavy (non-hydrogen) atoms. The predicted octanol–water partition coefficient (Wildman–Crippen LogP) is 1.77. The number of halogens is 2. The minimum absolute atomic E-state index is 0.0476. The van der Waals surface area contributed by atoms with Crippen LogP contribution in [0.3, 0.4) is 0 Å². The Bertz CT molecular complexity index is 331. The largest absolute Gasteiger partial charge is 0.398 e. The highest BCUT2D eigenvalue weighted by atomic mass is 19.2. The summed E-state index contributed by atoms with van der Waals surface area (Å²) in [5, 5.41) is 9.49. The van der Waals surface area contributed by atoms with Gasteiger partial charge in [-0.15, -0.1) is 0 Å². The van der Waals surface area contributed by atoms with Crippen LogP contribution in [0.25, 0.3) is 0 Å². The van der Waals surface area contributed by atoms with Crippen LogP contribution < -0.4 is 5.73 Å². The Hall–Kier alpha value is -1.16. The predicted molar refractivity (Wildman–Crippen MR) is 46.0 cm³/mol. The van der Waals surface area contributed by atoms with Gasteiger partial charge in [0.1, 0.15) is 0 Å². The lowest BCUT2D eigenvalue weighted by Gasteiger charge is -2.20. The van der Waals surface area contributed by atoms with Crippen molar-refractivity contribution in [3.05, 3.63) is 29.3 Å². The smallest absolute Gasteiger partial charge is 0.166 e. The van der Waals surface area contributed by atoms with Crippen molar-refractivity contribution in [2.24, 2.45) is 0 Å². The number of aliphatic hydroxyl groups is 1. The van der Waals surface area contributed by atoms with Crippen molar-refractivity contribution < 1.29 is 13.9 Å². The average Bonchev–Trinajstić information content (AvgIpc) is 1.95. The van der Waals surface area contributed by atoms with Gasteiger partial charge in [0.25, 0.3) is 0 Å². The summed E-state index contributed by atoms with van der Waals surface area (Å²) in [5.41, 5.74) is 3.78. The minimum atomic E-state index is -1.48. The molecular formula is C9H11F2NO. The Kier molecular flexibility index (Phi) is 2.26.